The molecule has 252 valence electrons. The van der Waals surface area contributed by atoms with E-state index in [0.717, 1.165) is 55.2 Å². The van der Waals surface area contributed by atoms with E-state index in [2.05, 4.69) is 20.8 Å². The third-order valence-corrected chi connectivity index (χ3v) is 7.98. The Morgan fingerprint density at radius 1 is 0.458 bits per heavy atom. The molecule has 12 nitrogen and oxygen atoms in total. The molecular formula is C36H39N3O9. The van der Waals surface area contributed by atoms with Crippen molar-refractivity contribution in [1.29, 1.82) is 0 Å². The van der Waals surface area contributed by atoms with Gasteiger partial charge in [-0.05, 0) is 108 Å². The number of unbranched alkanes of at least 4 members (excludes halogenated alkanes) is 3. The minimum absolute atomic E-state index is 0.0186. The fourth-order valence-electron chi connectivity index (χ4n) is 5.59. The van der Waals surface area contributed by atoms with Crippen LogP contribution in [0.4, 0.5) is 0 Å². The molecule has 0 aliphatic heterocycles. The van der Waals surface area contributed by atoms with Gasteiger partial charge in [0.25, 0.3) is 15.3 Å². The summed E-state index contributed by atoms with van der Waals surface area (Å²) < 4.78 is 0. The van der Waals surface area contributed by atoms with Gasteiger partial charge in [0.15, 0.2) is 0 Å². The van der Waals surface area contributed by atoms with Gasteiger partial charge in [0.2, 0.25) is 0 Å². The first-order valence-electron chi connectivity index (χ1n) is 16.1. The van der Waals surface area contributed by atoms with E-state index < -0.39 is 15.3 Å². The smallest absolute Gasteiger partial charge is 0.276 e. The highest BCUT2D eigenvalue weighted by atomic mass is 17.0. The SMILES string of the molecule is CCCCc1ccc(-c2cc(-c3ccc(CCCC)cc3O[N+](=O)[O-])cc(-c3ccc(CCCC)cc3O[N+](=O)[O-])c2)c(O[N+](=O)[O-])c1. The zero-order chi connectivity index (χ0) is 34.6. The van der Waals surface area contributed by atoms with Gasteiger partial charge in [0.05, 0.1) is 0 Å². The van der Waals surface area contributed by atoms with E-state index in [0.29, 0.717) is 52.6 Å². The van der Waals surface area contributed by atoms with Gasteiger partial charge in [-0.1, -0.05) is 76.4 Å². The summed E-state index contributed by atoms with van der Waals surface area (Å²) in [6, 6.07) is 20.9. The molecule has 0 atom stereocenters. The summed E-state index contributed by atoms with van der Waals surface area (Å²) in [6.45, 7) is 6.16. The van der Waals surface area contributed by atoms with Gasteiger partial charge < -0.3 is 0 Å². The molecule has 0 aliphatic rings. The van der Waals surface area contributed by atoms with Crippen LogP contribution >= 0.6 is 0 Å². The van der Waals surface area contributed by atoms with Gasteiger partial charge in [-0.3, -0.25) is 14.5 Å². The van der Waals surface area contributed by atoms with E-state index in [9.17, 15) is 30.3 Å². The Labute approximate surface area is 278 Å². The largest absolute Gasteiger partial charge is 0.299 e. The van der Waals surface area contributed by atoms with Gasteiger partial charge in [-0.25, -0.2) is 0 Å². The lowest BCUT2D eigenvalue weighted by Crippen LogP contribution is -2.06. The molecule has 0 saturated heterocycles. The average Bonchev–Trinajstić information content (AvgIpc) is 3.04. The van der Waals surface area contributed by atoms with Crippen LogP contribution in [0, 0.1) is 30.3 Å². The lowest BCUT2D eigenvalue weighted by molar-refractivity contribution is -0.710. The lowest BCUT2D eigenvalue weighted by Gasteiger charge is -2.17. The molecule has 0 aromatic heterocycles. The molecule has 0 aliphatic carbocycles. The summed E-state index contributed by atoms with van der Waals surface area (Å²) >= 11 is 0. The number of rotatable bonds is 18. The highest BCUT2D eigenvalue weighted by Gasteiger charge is 2.19. The minimum Gasteiger partial charge on any atom is -0.276 e. The molecule has 12 heteroatoms. The molecule has 0 N–H and O–H groups in total. The van der Waals surface area contributed by atoms with E-state index in [1.807, 2.05) is 18.2 Å². The summed E-state index contributed by atoms with van der Waals surface area (Å²) in [5.41, 5.74) is 5.20. The van der Waals surface area contributed by atoms with Gasteiger partial charge >= 0.3 is 0 Å². The third kappa shape index (κ3) is 9.50. The number of hydrogen-bond acceptors (Lipinski definition) is 9. The zero-order valence-electron chi connectivity index (χ0n) is 27.3. The summed E-state index contributed by atoms with van der Waals surface area (Å²) in [5.74, 6) is 0.0557. The van der Waals surface area contributed by atoms with Crippen LogP contribution in [0.1, 0.15) is 76.0 Å². The van der Waals surface area contributed by atoms with Crippen LogP contribution < -0.4 is 14.5 Å². The third-order valence-electron chi connectivity index (χ3n) is 7.98. The predicted octanol–water partition coefficient (Wildman–Crippen LogP) is 9.43. The molecule has 0 unspecified atom stereocenters. The predicted molar refractivity (Wildman–Crippen MR) is 181 cm³/mol. The quantitative estimate of drug-likeness (QED) is 0.0750. The monoisotopic (exact) mass is 657 g/mol. The second-order valence-electron chi connectivity index (χ2n) is 11.5. The number of benzene rings is 4. The van der Waals surface area contributed by atoms with E-state index in [1.54, 1.807) is 54.6 Å². The van der Waals surface area contributed by atoms with E-state index in [4.69, 9.17) is 14.5 Å². The highest BCUT2D eigenvalue weighted by molar-refractivity contribution is 5.86. The van der Waals surface area contributed by atoms with Gasteiger partial charge in [-0.2, -0.15) is 0 Å². The van der Waals surface area contributed by atoms with E-state index in [1.165, 1.54) is 0 Å². The van der Waals surface area contributed by atoms with Crippen LogP contribution in [-0.4, -0.2) is 15.3 Å². The molecule has 0 saturated carbocycles. The summed E-state index contributed by atoms with van der Waals surface area (Å²) in [7, 11) is 0. The normalized spacial score (nSPS) is 10.8. The van der Waals surface area contributed by atoms with Crippen LogP contribution in [0.3, 0.4) is 0 Å². The van der Waals surface area contributed by atoms with Crippen molar-refractivity contribution in [2.24, 2.45) is 0 Å². The molecule has 0 heterocycles. The van der Waals surface area contributed by atoms with Crippen molar-refractivity contribution in [3.05, 3.63) is 120 Å². The van der Waals surface area contributed by atoms with Crippen LogP contribution in [-0.2, 0) is 19.3 Å². The molecule has 4 aromatic rings. The first-order valence-corrected chi connectivity index (χ1v) is 16.1. The number of nitrogens with zero attached hydrogens (tertiary/aromatic N) is 3. The highest BCUT2D eigenvalue weighted by Crippen LogP contribution is 2.42. The zero-order valence-corrected chi connectivity index (χ0v) is 27.3. The van der Waals surface area contributed by atoms with Crippen molar-refractivity contribution < 1.29 is 29.8 Å². The molecule has 4 aromatic carbocycles. The van der Waals surface area contributed by atoms with Crippen molar-refractivity contribution in [2.75, 3.05) is 0 Å². The van der Waals surface area contributed by atoms with Crippen LogP contribution in [0.25, 0.3) is 33.4 Å². The second-order valence-corrected chi connectivity index (χ2v) is 11.5. The van der Waals surface area contributed by atoms with Crippen molar-refractivity contribution >= 4 is 0 Å². The standard InChI is InChI=1S/C36H39N3O9/c1-4-7-10-25-13-16-31(34(19-25)46-37(40)41)28-22-29(32-17-14-26(11-8-5-2)20-35(32)47-38(42)43)24-30(23-28)33-18-15-27(12-9-6-3)21-36(33)48-39(44)45/h13-24H,4-12H2,1-3H3. The molecule has 0 fully saturated rings. The minimum atomic E-state index is -0.872. The van der Waals surface area contributed by atoms with Crippen molar-refractivity contribution in [2.45, 2.75) is 78.6 Å². The molecule has 0 radical (unpaired) electrons. The fraction of sp³-hybridized carbons (Fsp3) is 0.333. The van der Waals surface area contributed by atoms with Crippen LogP contribution in [0.15, 0.2) is 72.8 Å². The fourth-order valence-corrected chi connectivity index (χ4v) is 5.59. The number of hydrogen-bond donors (Lipinski definition) is 0. The Bertz CT molecular complexity index is 1560. The Kier molecular flexibility index (Phi) is 12.4. The Hall–Kier alpha value is -5.52. The molecular weight excluding hydrogens is 618 g/mol. The first kappa shape index (κ1) is 35.3. The van der Waals surface area contributed by atoms with Crippen LogP contribution in [0.5, 0.6) is 17.2 Å². The molecule has 0 spiro atoms. The molecule has 48 heavy (non-hydrogen) atoms. The van der Waals surface area contributed by atoms with Crippen molar-refractivity contribution in [3.63, 3.8) is 0 Å². The Morgan fingerprint density at radius 2 is 0.729 bits per heavy atom. The second kappa shape index (κ2) is 16.9. The van der Waals surface area contributed by atoms with Crippen molar-refractivity contribution in [1.82, 2.24) is 0 Å². The van der Waals surface area contributed by atoms with Crippen molar-refractivity contribution in [3.8, 4) is 50.6 Å². The average molecular weight is 658 g/mol. The lowest BCUT2D eigenvalue weighted by atomic mass is 9.90. The Balaban J connectivity index is 2.00. The summed E-state index contributed by atoms with van der Waals surface area (Å²) in [5, 5.41) is 32.1. The maximum Gasteiger partial charge on any atom is 0.299 e. The maximum absolute atomic E-state index is 11.6. The van der Waals surface area contributed by atoms with E-state index in [-0.39, 0.29) is 17.2 Å². The maximum atomic E-state index is 11.6. The molecule has 0 bridgehead atoms. The van der Waals surface area contributed by atoms with Gasteiger partial charge in [-0.15, -0.1) is 30.3 Å². The first-order chi connectivity index (χ1) is 23.1. The van der Waals surface area contributed by atoms with E-state index >= 15 is 0 Å². The van der Waals surface area contributed by atoms with Gasteiger partial charge in [0.1, 0.15) is 17.2 Å². The summed E-state index contributed by atoms with van der Waals surface area (Å²) in [6.07, 6.45) is 7.59. The summed E-state index contributed by atoms with van der Waals surface area (Å²) in [4.78, 5) is 50.0. The van der Waals surface area contributed by atoms with Gasteiger partial charge in [0, 0.05) is 16.7 Å². The molecule has 4 rings (SSSR count). The molecule has 0 amide bonds. The van der Waals surface area contributed by atoms with Crippen LogP contribution in [0.2, 0.25) is 0 Å². The Morgan fingerprint density at radius 3 is 0.958 bits per heavy atom. The topological polar surface area (TPSA) is 157 Å². The number of aryl methyl sites for hydroxylation is 3.